The van der Waals surface area contributed by atoms with Gasteiger partial charge in [-0.1, -0.05) is 60.7 Å². The van der Waals surface area contributed by atoms with Gasteiger partial charge in [-0.3, -0.25) is 14.4 Å². The number of anilines is 3. The summed E-state index contributed by atoms with van der Waals surface area (Å²) in [5, 5.41) is 8.50. The summed E-state index contributed by atoms with van der Waals surface area (Å²) in [7, 11) is 0. The summed E-state index contributed by atoms with van der Waals surface area (Å²) in [5.74, 6) is -1.04. The first-order chi connectivity index (χ1) is 16.1. The van der Waals surface area contributed by atoms with Crippen molar-refractivity contribution >= 4 is 34.8 Å². The number of hydrogen-bond acceptors (Lipinski definition) is 3. The number of amides is 3. The minimum atomic E-state index is -0.368. The highest BCUT2D eigenvalue weighted by Crippen LogP contribution is 2.32. The Kier molecular flexibility index (Phi) is 6.56. The van der Waals surface area contributed by atoms with E-state index in [2.05, 4.69) is 16.0 Å². The molecule has 0 saturated heterocycles. The number of carbonyl (C=O) groups excluding carboxylic acids is 3. The summed E-state index contributed by atoms with van der Waals surface area (Å²) in [6.45, 7) is 0. The lowest BCUT2D eigenvalue weighted by Crippen LogP contribution is -2.20. The molecule has 0 radical (unpaired) electrons. The molecule has 0 aliphatic rings. The van der Waals surface area contributed by atoms with Crippen LogP contribution in [0.4, 0.5) is 17.1 Å². The van der Waals surface area contributed by atoms with Gasteiger partial charge in [0.15, 0.2) is 0 Å². The molecule has 0 saturated carbocycles. The number of carbonyl (C=O) groups is 3. The molecule has 0 aliphatic heterocycles. The molecule has 0 spiro atoms. The second-order valence-electron chi connectivity index (χ2n) is 7.19. The summed E-state index contributed by atoms with van der Waals surface area (Å²) >= 11 is 0. The first-order valence-electron chi connectivity index (χ1n) is 10.3. The van der Waals surface area contributed by atoms with E-state index >= 15 is 0 Å². The van der Waals surface area contributed by atoms with Gasteiger partial charge >= 0.3 is 0 Å². The number of nitrogens with one attached hydrogen (secondary N) is 3. The molecule has 6 heteroatoms. The second kappa shape index (κ2) is 10.1. The van der Waals surface area contributed by atoms with Crippen molar-refractivity contribution in [2.45, 2.75) is 0 Å². The predicted molar refractivity (Wildman–Crippen MR) is 130 cm³/mol. The van der Waals surface area contributed by atoms with Crippen LogP contribution >= 0.6 is 0 Å². The minimum absolute atomic E-state index is 0.292. The monoisotopic (exact) mass is 435 g/mol. The third kappa shape index (κ3) is 5.32. The van der Waals surface area contributed by atoms with Crippen LogP contribution in [0.5, 0.6) is 0 Å². The van der Waals surface area contributed by atoms with E-state index in [9.17, 15) is 14.4 Å². The zero-order valence-electron chi connectivity index (χ0n) is 17.6. The lowest BCUT2D eigenvalue weighted by Gasteiger charge is -2.17. The smallest absolute Gasteiger partial charge is 0.255 e. The van der Waals surface area contributed by atoms with E-state index in [0.717, 1.165) is 0 Å². The van der Waals surface area contributed by atoms with E-state index in [1.165, 1.54) is 0 Å². The van der Waals surface area contributed by atoms with Crippen molar-refractivity contribution in [3.05, 3.63) is 126 Å². The highest BCUT2D eigenvalue weighted by atomic mass is 16.2. The number of benzene rings is 4. The molecular weight excluding hydrogens is 414 g/mol. The number of hydrogen-bond donors (Lipinski definition) is 3. The summed E-state index contributed by atoms with van der Waals surface area (Å²) in [6.07, 6.45) is 0. The van der Waals surface area contributed by atoms with Crippen molar-refractivity contribution < 1.29 is 14.4 Å². The van der Waals surface area contributed by atoms with E-state index < -0.39 is 0 Å². The van der Waals surface area contributed by atoms with Crippen molar-refractivity contribution in [1.82, 2.24) is 0 Å². The lowest BCUT2D eigenvalue weighted by molar-refractivity contribution is 0.101. The molecule has 4 aromatic carbocycles. The van der Waals surface area contributed by atoms with E-state index in [-0.39, 0.29) is 17.7 Å². The van der Waals surface area contributed by atoms with Crippen LogP contribution in [0.15, 0.2) is 109 Å². The van der Waals surface area contributed by atoms with Gasteiger partial charge in [-0.25, -0.2) is 0 Å². The Balaban J connectivity index is 1.67. The largest absolute Gasteiger partial charge is 0.320 e. The fourth-order valence-electron chi connectivity index (χ4n) is 3.24. The van der Waals surface area contributed by atoms with Crippen LogP contribution in [0.25, 0.3) is 0 Å². The van der Waals surface area contributed by atoms with Crippen molar-refractivity contribution in [2.75, 3.05) is 16.0 Å². The Morgan fingerprint density at radius 2 is 0.727 bits per heavy atom. The topological polar surface area (TPSA) is 87.3 Å². The predicted octanol–water partition coefficient (Wildman–Crippen LogP) is 5.44. The molecule has 0 atom stereocenters. The second-order valence-corrected chi connectivity index (χ2v) is 7.19. The van der Waals surface area contributed by atoms with Crippen LogP contribution in [-0.4, -0.2) is 17.7 Å². The van der Waals surface area contributed by atoms with Gasteiger partial charge in [0, 0.05) is 16.7 Å². The highest BCUT2D eigenvalue weighted by Gasteiger charge is 2.17. The average Bonchev–Trinajstić information content (AvgIpc) is 2.87. The fourth-order valence-corrected chi connectivity index (χ4v) is 3.24. The van der Waals surface area contributed by atoms with E-state index in [4.69, 9.17) is 0 Å². The lowest BCUT2D eigenvalue weighted by atomic mass is 10.1. The van der Waals surface area contributed by atoms with Crippen LogP contribution in [0.3, 0.4) is 0 Å². The molecule has 0 fully saturated rings. The molecule has 3 amide bonds. The van der Waals surface area contributed by atoms with Gasteiger partial charge in [0.25, 0.3) is 17.7 Å². The maximum Gasteiger partial charge on any atom is 0.255 e. The summed E-state index contributed by atoms with van der Waals surface area (Å²) in [4.78, 5) is 38.4. The minimum Gasteiger partial charge on any atom is -0.320 e. The highest BCUT2D eigenvalue weighted by molar-refractivity contribution is 6.14. The summed E-state index contributed by atoms with van der Waals surface area (Å²) in [6, 6.07) is 31.2. The standard InChI is InChI=1S/C27H21N3O3/c31-25(19-11-4-1-5-12-19)28-22-17-10-18-23(29-26(32)20-13-6-2-7-14-20)24(22)30-27(33)21-15-8-3-9-16-21/h1-18H,(H,28,31)(H,29,32)(H,30,33). The molecule has 6 nitrogen and oxygen atoms in total. The van der Waals surface area contributed by atoms with Gasteiger partial charge in [0.05, 0.1) is 17.1 Å². The van der Waals surface area contributed by atoms with Gasteiger partial charge in [-0.15, -0.1) is 0 Å². The first-order valence-corrected chi connectivity index (χ1v) is 10.3. The van der Waals surface area contributed by atoms with Crippen molar-refractivity contribution in [2.24, 2.45) is 0 Å². The van der Waals surface area contributed by atoms with Gasteiger partial charge in [-0.05, 0) is 48.5 Å². The molecule has 0 unspecified atom stereocenters. The molecule has 0 heterocycles. The van der Waals surface area contributed by atoms with Gasteiger partial charge in [0.2, 0.25) is 0 Å². The van der Waals surface area contributed by atoms with Gasteiger partial charge in [0.1, 0.15) is 0 Å². The van der Waals surface area contributed by atoms with Crippen molar-refractivity contribution in [3.63, 3.8) is 0 Å². The molecule has 4 rings (SSSR count). The molecule has 162 valence electrons. The normalized spacial score (nSPS) is 10.2. The molecule has 0 aliphatic carbocycles. The Morgan fingerprint density at radius 1 is 0.394 bits per heavy atom. The van der Waals surface area contributed by atoms with Crippen LogP contribution < -0.4 is 16.0 Å². The van der Waals surface area contributed by atoms with Gasteiger partial charge in [-0.2, -0.15) is 0 Å². The maximum absolute atomic E-state index is 12.9. The molecule has 4 aromatic rings. The van der Waals surface area contributed by atoms with Crippen LogP contribution in [0.2, 0.25) is 0 Å². The average molecular weight is 435 g/mol. The molecule has 0 bridgehead atoms. The third-order valence-corrected chi connectivity index (χ3v) is 4.91. The van der Waals surface area contributed by atoms with Crippen LogP contribution in [0.1, 0.15) is 31.1 Å². The van der Waals surface area contributed by atoms with Crippen LogP contribution in [0, 0.1) is 0 Å². The number of para-hydroxylation sites is 1. The van der Waals surface area contributed by atoms with Crippen molar-refractivity contribution in [1.29, 1.82) is 0 Å². The number of rotatable bonds is 6. The zero-order valence-corrected chi connectivity index (χ0v) is 17.6. The molecular formula is C27H21N3O3. The third-order valence-electron chi connectivity index (χ3n) is 4.91. The van der Waals surface area contributed by atoms with Crippen LogP contribution in [-0.2, 0) is 0 Å². The van der Waals surface area contributed by atoms with Crippen molar-refractivity contribution in [3.8, 4) is 0 Å². The Morgan fingerprint density at radius 3 is 1.09 bits per heavy atom. The SMILES string of the molecule is O=C(Nc1cccc(NC(=O)c2ccccc2)c1NC(=O)c1ccccc1)c1ccccc1. The molecule has 3 N–H and O–H groups in total. The summed E-state index contributed by atoms with van der Waals surface area (Å²) in [5.41, 5.74) is 2.40. The first kappa shape index (κ1) is 21.5. The van der Waals surface area contributed by atoms with E-state index in [1.54, 1.807) is 91.0 Å². The maximum atomic E-state index is 12.9. The molecule has 0 aromatic heterocycles. The van der Waals surface area contributed by atoms with Gasteiger partial charge < -0.3 is 16.0 Å². The fraction of sp³-hybridized carbons (Fsp3) is 0. The summed E-state index contributed by atoms with van der Waals surface area (Å²) < 4.78 is 0. The Labute approximate surface area is 191 Å². The van der Waals surface area contributed by atoms with E-state index in [1.807, 2.05) is 18.2 Å². The Bertz CT molecular complexity index is 1200. The van der Waals surface area contributed by atoms with E-state index in [0.29, 0.717) is 33.8 Å². The quantitative estimate of drug-likeness (QED) is 0.377. The molecule has 33 heavy (non-hydrogen) atoms. The zero-order chi connectivity index (χ0) is 23.0. The Hall–Kier alpha value is -4.71.